The minimum absolute atomic E-state index is 0.130. The third-order valence-corrected chi connectivity index (χ3v) is 8.07. The summed E-state index contributed by atoms with van der Waals surface area (Å²) < 4.78 is 1.55. The number of carbonyl (C=O) groups is 3. The molecule has 1 atom stereocenters. The summed E-state index contributed by atoms with van der Waals surface area (Å²) >= 11 is 0. The van der Waals surface area contributed by atoms with E-state index in [-0.39, 0.29) is 36.0 Å². The number of piperazine rings is 1. The topological polar surface area (TPSA) is 103 Å². The maximum Gasteiger partial charge on any atom is 0.273 e. The van der Waals surface area contributed by atoms with E-state index in [0.29, 0.717) is 18.8 Å². The predicted molar refractivity (Wildman–Crippen MR) is 138 cm³/mol. The first-order valence-corrected chi connectivity index (χ1v) is 13.8. The SMILES string of the molecule is CCCCN1C(=O)c2cc(C(=O)NCCN3CCN(CC)CC3)nn2C[C@]1(C)C(=O)NC1CCCC1. The van der Waals surface area contributed by atoms with E-state index in [1.54, 1.807) is 15.6 Å². The second-order valence-corrected chi connectivity index (χ2v) is 10.6. The van der Waals surface area contributed by atoms with E-state index in [2.05, 4.69) is 39.4 Å². The Morgan fingerprint density at radius 1 is 1.08 bits per heavy atom. The molecule has 0 spiro atoms. The maximum absolute atomic E-state index is 13.5. The first kappa shape index (κ1) is 26.6. The third kappa shape index (κ3) is 5.75. The minimum atomic E-state index is -1.04. The fraction of sp³-hybridized carbons (Fsp3) is 0.769. The number of nitrogens with zero attached hydrogens (tertiary/aromatic N) is 5. The summed E-state index contributed by atoms with van der Waals surface area (Å²) in [5.74, 6) is -0.651. The van der Waals surface area contributed by atoms with Gasteiger partial charge < -0.3 is 20.4 Å². The molecule has 4 rings (SSSR count). The number of carbonyl (C=O) groups excluding carboxylic acids is 3. The Balaban J connectivity index is 1.42. The fourth-order valence-corrected chi connectivity index (χ4v) is 5.58. The Kier molecular flexibility index (Phi) is 8.66. The molecule has 2 N–H and O–H groups in total. The van der Waals surface area contributed by atoms with Gasteiger partial charge in [-0.15, -0.1) is 0 Å². The number of hydrogen-bond donors (Lipinski definition) is 2. The predicted octanol–water partition coefficient (Wildman–Crippen LogP) is 1.32. The maximum atomic E-state index is 13.5. The van der Waals surface area contributed by atoms with Gasteiger partial charge in [0.15, 0.2) is 5.69 Å². The van der Waals surface area contributed by atoms with Crippen LogP contribution in [0.5, 0.6) is 0 Å². The van der Waals surface area contributed by atoms with E-state index in [0.717, 1.165) is 77.8 Å². The molecule has 0 unspecified atom stereocenters. The summed E-state index contributed by atoms with van der Waals surface area (Å²) in [6, 6.07) is 1.74. The second-order valence-electron chi connectivity index (χ2n) is 10.6. The van der Waals surface area contributed by atoms with Crippen molar-refractivity contribution in [3.63, 3.8) is 0 Å². The molecular weight excluding hydrogens is 458 g/mol. The van der Waals surface area contributed by atoms with Crippen molar-refractivity contribution >= 4 is 17.7 Å². The Bertz CT molecular complexity index is 934. The molecular formula is C26H43N7O3. The van der Waals surface area contributed by atoms with Gasteiger partial charge in [-0.25, -0.2) is 0 Å². The first-order valence-electron chi connectivity index (χ1n) is 13.8. The van der Waals surface area contributed by atoms with Crippen molar-refractivity contribution in [3.05, 3.63) is 17.5 Å². The second kappa shape index (κ2) is 11.7. The van der Waals surface area contributed by atoms with E-state index in [4.69, 9.17) is 0 Å². The average Bonchev–Trinajstić information content (AvgIpc) is 3.54. The van der Waals surface area contributed by atoms with Crippen molar-refractivity contribution in [2.24, 2.45) is 0 Å². The quantitative estimate of drug-likeness (QED) is 0.501. The highest BCUT2D eigenvalue weighted by atomic mass is 16.2. The molecule has 3 aliphatic rings. The first-order chi connectivity index (χ1) is 17.4. The van der Waals surface area contributed by atoms with Gasteiger partial charge in [0.05, 0.1) is 6.54 Å². The smallest absolute Gasteiger partial charge is 0.273 e. The largest absolute Gasteiger partial charge is 0.351 e. The summed E-state index contributed by atoms with van der Waals surface area (Å²) in [6.07, 6.45) is 5.94. The van der Waals surface area contributed by atoms with Crippen molar-refractivity contribution < 1.29 is 14.4 Å². The van der Waals surface area contributed by atoms with Crippen molar-refractivity contribution in [3.8, 4) is 0 Å². The van der Waals surface area contributed by atoms with E-state index in [1.165, 1.54) is 0 Å². The highest BCUT2D eigenvalue weighted by Gasteiger charge is 2.48. The Morgan fingerprint density at radius 3 is 2.44 bits per heavy atom. The highest BCUT2D eigenvalue weighted by molar-refractivity contribution is 6.01. The average molecular weight is 502 g/mol. The zero-order chi connectivity index (χ0) is 25.7. The normalized spacial score (nSPS) is 23.6. The van der Waals surface area contributed by atoms with Crippen LogP contribution in [0.1, 0.15) is 80.3 Å². The number of rotatable bonds is 10. The molecule has 36 heavy (non-hydrogen) atoms. The molecule has 1 aromatic rings. The van der Waals surface area contributed by atoms with E-state index in [9.17, 15) is 14.4 Å². The third-order valence-electron chi connectivity index (χ3n) is 8.07. The molecule has 3 amide bonds. The Morgan fingerprint density at radius 2 is 1.78 bits per heavy atom. The zero-order valence-corrected chi connectivity index (χ0v) is 22.2. The standard InChI is InChI=1S/C26H43N7O3/c1-4-6-12-32-24(35)22-18-21(23(34)27-11-13-31-16-14-30(5-2)15-17-31)29-33(22)19-26(32,3)25(36)28-20-9-7-8-10-20/h18,20H,4-17,19H2,1-3H3,(H,27,34)(H,28,36)/t26-/m1/s1. The van der Waals surface area contributed by atoms with Crippen molar-refractivity contribution in [1.82, 2.24) is 35.1 Å². The van der Waals surface area contributed by atoms with Crippen molar-refractivity contribution in [2.75, 3.05) is 52.4 Å². The highest BCUT2D eigenvalue weighted by Crippen LogP contribution is 2.29. The van der Waals surface area contributed by atoms with E-state index in [1.807, 2.05) is 6.92 Å². The van der Waals surface area contributed by atoms with Gasteiger partial charge in [0.25, 0.3) is 11.8 Å². The number of fused-ring (bicyclic) bond motifs is 1. The van der Waals surface area contributed by atoms with Crippen LogP contribution in [0.2, 0.25) is 0 Å². The van der Waals surface area contributed by atoms with Gasteiger partial charge in [0.1, 0.15) is 11.2 Å². The summed E-state index contributed by atoms with van der Waals surface area (Å²) in [6.45, 7) is 13.3. The number of nitrogens with one attached hydrogen (secondary N) is 2. The van der Waals surface area contributed by atoms with Gasteiger partial charge in [-0.3, -0.25) is 24.0 Å². The van der Waals surface area contributed by atoms with Crippen LogP contribution >= 0.6 is 0 Å². The molecule has 1 aliphatic carbocycles. The van der Waals surface area contributed by atoms with Crippen LogP contribution in [0, 0.1) is 0 Å². The van der Waals surface area contributed by atoms with Crippen molar-refractivity contribution in [2.45, 2.75) is 77.4 Å². The van der Waals surface area contributed by atoms with Crippen LogP contribution in [0.3, 0.4) is 0 Å². The molecule has 2 fully saturated rings. The lowest BCUT2D eigenvalue weighted by atomic mass is 9.94. The molecule has 2 aliphatic heterocycles. The van der Waals surface area contributed by atoms with Crippen LogP contribution in [0.15, 0.2) is 6.07 Å². The molecule has 0 radical (unpaired) electrons. The summed E-state index contributed by atoms with van der Waals surface area (Å²) in [5, 5.41) is 10.6. The molecule has 10 heteroatoms. The molecule has 3 heterocycles. The van der Waals surface area contributed by atoms with Gasteiger partial charge in [-0.2, -0.15) is 5.10 Å². The van der Waals surface area contributed by atoms with E-state index < -0.39 is 5.54 Å². The van der Waals surface area contributed by atoms with Crippen molar-refractivity contribution in [1.29, 1.82) is 0 Å². The van der Waals surface area contributed by atoms with Crippen LogP contribution in [0.4, 0.5) is 0 Å². The molecule has 200 valence electrons. The molecule has 1 aromatic heterocycles. The lowest BCUT2D eigenvalue weighted by Gasteiger charge is -2.43. The van der Waals surface area contributed by atoms with Crippen LogP contribution < -0.4 is 10.6 Å². The Hall–Kier alpha value is -2.46. The molecule has 0 aromatic carbocycles. The molecule has 0 bridgehead atoms. The lowest BCUT2D eigenvalue weighted by Crippen LogP contribution is -2.65. The number of unbranched alkanes of at least 4 members (excludes halogenated alkanes) is 1. The number of hydrogen-bond acceptors (Lipinski definition) is 6. The van der Waals surface area contributed by atoms with Gasteiger partial charge in [-0.1, -0.05) is 33.1 Å². The lowest BCUT2D eigenvalue weighted by molar-refractivity contribution is -0.133. The zero-order valence-electron chi connectivity index (χ0n) is 22.2. The van der Waals surface area contributed by atoms with Gasteiger partial charge in [-0.05, 0) is 32.7 Å². The van der Waals surface area contributed by atoms with Gasteiger partial charge in [0, 0.05) is 57.9 Å². The summed E-state index contributed by atoms with van der Waals surface area (Å²) in [7, 11) is 0. The number of amides is 3. The summed E-state index contributed by atoms with van der Waals surface area (Å²) in [5.41, 5.74) is -0.439. The van der Waals surface area contributed by atoms with Crippen LogP contribution in [0.25, 0.3) is 0 Å². The molecule has 1 saturated heterocycles. The summed E-state index contributed by atoms with van der Waals surface area (Å²) in [4.78, 5) is 46.3. The van der Waals surface area contributed by atoms with Crippen LogP contribution in [-0.4, -0.2) is 106 Å². The number of likely N-dealkylation sites (N-methyl/N-ethyl adjacent to an activating group) is 1. The van der Waals surface area contributed by atoms with Gasteiger partial charge >= 0.3 is 0 Å². The molecule has 10 nitrogen and oxygen atoms in total. The number of aromatic nitrogens is 2. The Labute approximate surface area is 214 Å². The van der Waals surface area contributed by atoms with E-state index >= 15 is 0 Å². The molecule has 1 saturated carbocycles. The van der Waals surface area contributed by atoms with Crippen LogP contribution in [-0.2, 0) is 11.3 Å². The monoisotopic (exact) mass is 501 g/mol. The van der Waals surface area contributed by atoms with Gasteiger partial charge in [0.2, 0.25) is 5.91 Å². The fourth-order valence-electron chi connectivity index (χ4n) is 5.58. The minimum Gasteiger partial charge on any atom is -0.351 e.